The SMILES string of the molecule is CC/C=C\C/C=C\C/C=C\C/C=C\C/C=C\C/C=C\CCC(=O)OC(CCCCC/C=C/C=C/C=C/C=C/C=C/CCC)CC(=O)NC(CO)C(O)CCCCCCCCCCCC. The number of unbranched alkanes of at least 4 members (excludes halogenated alkanes) is 13. The van der Waals surface area contributed by atoms with Crippen LogP contribution in [0.1, 0.15) is 194 Å². The summed E-state index contributed by atoms with van der Waals surface area (Å²) in [4.78, 5) is 26.1. The molecule has 3 unspecified atom stereocenters. The summed E-state index contributed by atoms with van der Waals surface area (Å²) in [6.07, 6.45) is 70.8. The van der Waals surface area contributed by atoms with Gasteiger partial charge in [0, 0.05) is 6.42 Å². The molecule has 0 rings (SSSR count). The lowest BCUT2D eigenvalue weighted by molar-refractivity contribution is -0.150. The number of amides is 1. The standard InChI is InChI=1S/C58H93NO5/c1-4-7-10-13-16-19-22-24-26-28-29-30-32-34-36-39-42-45-48-51-58(63)64-54(49-46-43-40-37-35-33-31-27-25-23-20-17-14-11-8-5-2)52-57(62)59-55(53-60)56(61)50-47-44-41-38-21-18-15-12-9-6-3/h7,10-11,14,16-17,19-20,23-27,29-31,33-36,42,45,54-56,60-61H,4-6,8-9,12-13,15,18,21-22,28,32,37-41,43-44,46-53H2,1-3H3,(H,59,62)/b10-7-,14-11+,19-16-,20-17+,25-23+,26-24-,30-29-,31-27+,35-33+,36-34-,45-42-. The van der Waals surface area contributed by atoms with E-state index in [1.807, 2.05) is 42.5 Å². The summed E-state index contributed by atoms with van der Waals surface area (Å²) >= 11 is 0. The van der Waals surface area contributed by atoms with Crippen LogP contribution in [0.4, 0.5) is 0 Å². The van der Waals surface area contributed by atoms with Gasteiger partial charge in [0.2, 0.25) is 5.91 Å². The summed E-state index contributed by atoms with van der Waals surface area (Å²) < 4.78 is 5.87. The molecule has 360 valence electrons. The molecule has 0 spiro atoms. The number of carbonyl (C=O) groups is 2. The van der Waals surface area contributed by atoms with Gasteiger partial charge in [0.1, 0.15) is 6.10 Å². The third-order valence-electron chi connectivity index (χ3n) is 10.6. The average molecular weight is 884 g/mol. The van der Waals surface area contributed by atoms with E-state index in [0.29, 0.717) is 19.3 Å². The number of allylic oxidation sites excluding steroid dienone is 22. The van der Waals surface area contributed by atoms with E-state index < -0.39 is 18.2 Å². The predicted molar refractivity (Wildman–Crippen MR) is 277 cm³/mol. The van der Waals surface area contributed by atoms with Gasteiger partial charge in [-0.15, -0.1) is 0 Å². The van der Waals surface area contributed by atoms with Crippen molar-refractivity contribution >= 4 is 11.9 Å². The Labute approximate surface area is 393 Å². The zero-order valence-corrected chi connectivity index (χ0v) is 40.9. The number of ether oxygens (including phenoxy) is 1. The number of hydrogen-bond donors (Lipinski definition) is 3. The van der Waals surface area contributed by atoms with Gasteiger partial charge in [0.05, 0.1) is 25.2 Å². The lowest BCUT2D eigenvalue weighted by atomic mass is 10.0. The van der Waals surface area contributed by atoms with Crippen LogP contribution in [0.2, 0.25) is 0 Å². The maximum atomic E-state index is 13.2. The molecule has 3 atom stereocenters. The fraction of sp³-hybridized carbons (Fsp3) is 0.586. The molecule has 0 aliphatic rings. The molecule has 0 radical (unpaired) electrons. The second kappa shape index (κ2) is 50.0. The van der Waals surface area contributed by atoms with Crippen molar-refractivity contribution in [1.29, 1.82) is 0 Å². The zero-order chi connectivity index (χ0) is 46.7. The number of esters is 1. The van der Waals surface area contributed by atoms with E-state index >= 15 is 0 Å². The quantitative estimate of drug-likeness (QED) is 0.0245. The van der Waals surface area contributed by atoms with Gasteiger partial charge in [-0.25, -0.2) is 0 Å². The topological polar surface area (TPSA) is 95.9 Å². The molecule has 0 aliphatic heterocycles. The maximum absolute atomic E-state index is 13.2. The van der Waals surface area contributed by atoms with E-state index in [1.165, 1.54) is 44.9 Å². The van der Waals surface area contributed by atoms with Gasteiger partial charge in [0.25, 0.3) is 0 Å². The Bertz CT molecular complexity index is 1410. The van der Waals surface area contributed by atoms with Crippen LogP contribution in [0.25, 0.3) is 0 Å². The normalized spacial score (nSPS) is 14.4. The fourth-order valence-electron chi connectivity index (χ4n) is 6.78. The van der Waals surface area contributed by atoms with Crippen LogP contribution in [0, 0.1) is 0 Å². The summed E-state index contributed by atoms with van der Waals surface area (Å²) in [6, 6.07) is -0.740. The Morgan fingerprint density at radius 2 is 0.938 bits per heavy atom. The lowest BCUT2D eigenvalue weighted by Crippen LogP contribution is -2.46. The Morgan fingerprint density at radius 1 is 0.484 bits per heavy atom. The van der Waals surface area contributed by atoms with Crippen molar-refractivity contribution in [3.63, 3.8) is 0 Å². The van der Waals surface area contributed by atoms with Gasteiger partial charge in [-0.3, -0.25) is 9.59 Å². The Balaban J connectivity index is 4.84. The van der Waals surface area contributed by atoms with Gasteiger partial charge >= 0.3 is 5.97 Å². The monoisotopic (exact) mass is 884 g/mol. The van der Waals surface area contributed by atoms with Crippen molar-refractivity contribution in [3.05, 3.63) is 134 Å². The minimum absolute atomic E-state index is 0.00948. The van der Waals surface area contributed by atoms with Gasteiger partial charge in [-0.2, -0.15) is 0 Å². The van der Waals surface area contributed by atoms with Crippen LogP contribution >= 0.6 is 0 Å². The number of aliphatic hydroxyl groups is 2. The Morgan fingerprint density at radius 3 is 1.45 bits per heavy atom. The van der Waals surface area contributed by atoms with Crippen molar-refractivity contribution in [2.45, 2.75) is 212 Å². The first kappa shape index (κ1) is 60.0. The highest BCUT2D eigenvalue weighted by atomic mass is 16.5. The second-order valence-electron chi connectivity index (χ2n) is 16.6. The molecule has 0 aromatic rings. The molecule has 6 heteroatoms. The predicted octanol–water partition coefficient (Wildman–Crippen LogP) is 15.4. The van der Waals surface area contributed by atoms with Crippen molar-refractivity contribution in [2.24, 2.45) is 0 Å². The van der Waals surface area contributed by atoms with Crippen molar-refractivity contribution in [1.82, 2.24) is 5.32 Å². The minimum Gasteiger partial charge on any atom is -0.462 e. The van der Waals surface area contributed by atoms with E-state index in [0.717, 1.165) is 96.3 Å². The van der Waals surface area contributed by atoms with Crippen molar-refractivity contribution in [2.75, 3.05) is 6.61 Å². The van der Waals surface area contributed by atoms with E-state index in [4.69, 9.17) is 4.74 Å². The van der Waals surface area contributed by atoms with E-state index in [9.17, 15) is 19.8 Å². The summed E-state index contributed by atoms with van der Waals surface area (Å²) in [5, 5.41) is 23.7. The number of aliphatic hydroxyl groups excluding tert-OH is 2. The first-order valence-electron chi connectivity index (χ1n) is 25.5. The van der Waals surface area contributed by atoms with Crippen LogP contribution in [0.3, 0.4) is 0 Å². The molecule has 0 saturated heterocycles. The van der Waals surface area contributed by atoms with Crippen molar-refractivity contribution in [3.8, 4) is 0 Å². The van der Waals surface area contributed by atoms with Gasteiger partial charge in [0.15, 0.2) is 0 Å². The first-order valence-corrected chi connectivity index (χ1v) is 25.5. The number of hydrogen-bond acceptors (Lipinski definition) is 5. The molecule has 0 aromatic heterocycles. The van der Waals surface area contributed by atoms with Crippen molar-refractivity contribution < 1.29 is 24.5 Å². The Hall–Kier alpha value is -4.00. The number of nitrogens with one attached hydrogen (secondary N) is 1. The molecule has 0 fully saturated rings. The molecule has 64 heavy (non-hydrogen) atoms. The fourth-order valence-corrected chi connectivity index (χ4v) is 6.78. The molecule has 0 bridgehead atoms. The largest absolute Gasteiger partial charge is 0.462 e. The zero-order valence-electron chi connectivity index (χ0n) is 40.9. The highest BCUT2D eigenvalue weighted by molar-refractivity contribution is 5.77. The van der Waals surface area contributed by atoms with Crippen LogP contribution < -0.4 is 5.32 Å². The summed E-state index contributed by atoms with van der Waals surface area (Å²) in [7, 11) is 0. The maximum Gasteiger partial charge on any atom is 0.306 e. The molecule has 0 aromatic carbocycles. The van der Waals surface area contributed by atoms with Gasteiger partial charge in [-0.05, 0) is 83.5 Å². The molecule has 0 saturated carbocycles. The Kier molecular flexibility index (Phi) is 46.9. The lowest BCUT2D eigenvalue weighted by Gasteiger charge is -2.24. The van der Waals surface area contributed by atoms with Crippen LogP contribution in [-0.2, 0) is 14.3 Å². The van der Waals surface area contributed by atoms with E-state index in [-0.39, 0.29) is 31.3 Å². The highest BCUT2D eigenvalue weighted by Gasteiger charge is 2.24. The molecule has 6 nitrogen and oxygen atoms in total. The summed E-state index contributed by atoms with van der Waals surface area (Å²) in [6.45, 7) is 6.22. The smallest absolute Gasteiger partial charge is 0.306 e. The molecule has 0 heterocycles. The molecule has 1 amide bonds. The van der Waals surface area contributed by atoms with Gasteiger partial charge in [-0.1, -0.05) is 231 Å². The first-order chi connectivity index (χ1) is 31.5. The number of carbonyl (C=O) groups excluding carboxylic acids is 2. The minimum atomic E-state index is -0.820. The average Bonchev–Trinajstić information content (AvgIpc) is 3.29. The van der Waals surface area contributed by atoms with Gasteiger partial charge < -0.3 is 20.3 Å². The highest BCUT2D eigenvalue weighted by Crippen LogP contribution is 2.16. The van der Waals surface area contributed by atoms with Crippen LogP contribution in [0.5, 0.6) is 0 Å². The summed E-state index contributed by atoms with van der Waals surface area (Å²) in [5.41, 5.74) is 0. The van der Waals surface area contributed by atoms with Crippen LogP contribution in [-0.4, -0.2) is 46.9 Å². The molecule has 0 aliphatic carbocycles. The third kappa shape index (κ3) is 44.6. The van der Waals surface area contributed by atoms with E-state index in [1.54, 1.807) is 0 Å². The third-order valence-corrected chi connectivity index (χ3v) is 10.6. The molecular formula is C58H93NO5. The van der Waals surface area contributed by atoms with E-state index in [2.05, 4.69) is 117 Å². The summed E-state index contributed by atoms with van der Waals surface area (Å²) in [5.74, 6) is -0.632. The van der Waals surface area contributed by atoms with Crippen LogP contribution in [0.15, 0.2) is 134 Å². The molecule has 3 N–H and O–H groups in total. The second-order valence-corrected chi connectivity index (χ2v) is 16.6. The number of rotatable bonds is 43. The molecular weight excluding hydrogens is 791 g/mol.